The topological polar surface area (TPSA) is 89.9 Å². The summed E-state index contributed by atoms with van der Waals surface area (Å²) >= 11 is 0. The zero-order chi connectivity index (χ0) is 19.7. The van der Waals surface area contributed by atoms with Gasteiger partial charge in [0.2, 0.25) is 5.82 Å². The predicted molar refractivity (Wildman–Crippen MR) is 91.0 cm³/mol. The van der Waals surface area contributed by atoms with Crippen molar-refractivity contribution in [3.8, 4) is 28.7 Å². The Hall–Kier alpha value is -3.53. The van der Waals surface area contributed by atoms with Gasteiger partial charge in [0.05, 0.1) is 18.4 Å². The molecule has 10 heteroatoms. The molecule has 4 rings (SSSR count). The van der Waals surface area contributed by atoms with Crippen LogP contribution in [0.3, 0.4) is 0 Å². The standard InChI is InChI=1S/C18H12F3N5O2/c19-18(20,21)15-13(9-23-26(15)14-3-1-2-8-22-14)17-24-16(25-28-17)12-6-4-11(10-27)5-7-12/h1-9,27H,10H2. The molecule has 0 fully saturated rings. The van der Waals surface area contributed by atoms with E-state index in [0.717, 1.165) is 6.20 Å². The van der Waals surface area contributed by atoms with Crippen molar-refractivity contribution in [2.45, 2.75) is 12.8 Å². The van der Waals surface area contributed by atoms with Crippen molar-refractivity contribution in [2.75, 3.05) is 0 Å². The molecule has 0 aliphatic carbocycles. The van der Waals surface area contributed by atoms with Gasteiger partial charge in [-0.1, -0.05) is 35.5 Å². The lowest BCUT2D eigenvalue weighted by atomic mass is 10.1. The Bertz CT molecular complexity index is 1090. The van der Waals surface area contributed by atoms with Crippen molar-refractivity contribution < 1.29 is 22.8 Å². The second kappa shape index (κ2) is 6.89. The number of aliphatic hydroxyl groups excluding tert-OH is 1. The zero-order valence-electron chi connectivity index (χ0n) is 14.1. The molecule has 0 saturated carbocycles. The minimum Gasteiger partial charge on any atom is -0.392 e. The molecule has 0 aliphatic rings. The third-order valence-electron chi connectivity index (χ3n) is 3.96. The summed E-state index contributed by atoms with van der Waals surface area (Å²) in [6, 6.07) is 11.2. The van der Waals surface area contributed by atoms with Crippen LogP contribution in [0.5, 0.6) is 0 Å². The summed E-state index contributed by atoms with van der Waals surface area (Å²) in [5.74, 6) is -0.172. The Labute approximate surface area is 156 Å². The van der Waals surface area contributed by atoms with Crippen LogP contribution in [0.1, 0.15) is 11.3 Å². The molecule has 142 valence electrons. The van der Waals surface area contributed by atoms with Gasteiger partial charge in [0.1, 0.15) is 0 Å². The Morgan fingerprint density at radius 3 is 2.50 bits per heavy atom. The zero-order valence-corrected chi connectivity index (χ0v) is 14.1. The highest BCUT2D eigenvalue weighted by molar-refractivity contribution is 5.62. The lowest BCUT2D eigenvalue weighted by molar-refractivity contribution is -0.142. The van der Waals surface area contributed by atoms with Gasteiger partial charge in [0.25, 0.3) is 5.89 Å². The van der Waals surface area contributed by atoms with E-state index < -0.39 is 11.9 Å². The first-order valence-electron chi connectivity index (χ1n) is 8.08. The van der Waals surface area contributed by atoms with E-state index in [1.54, 1.807) is 36.4 Å². The van der Waals surface area contributed by atoms with Crippen molar-refractivity contribution in [2.24, 2.45) is 0 Å². The van der Waals surface area contributed by atoms with Crippen LogP contribution in [0.25, 0.3) is 28.7 Å². The lowest BCUT2D eigenvalue weighted by Gasteiger charge is -2.10. The molecule has 1 aromatic carbocycles. The van der Waals surface area contributed by atoms with Crippen molar-refractivity contribution >= 4 is 0 Å². The molecule has 0 unspecified atom stereocenters. The minimum absolute atomic E-state index is 0.0143. The molecule has 0 atom stereocenters. The van der Waals surface area contributed by atoms with Crippen LogP contribution in [0.2, 0.25) is 0 Å². The van der Waals surface area contributed by atoms with E-state index in [9.17, 15) is 13.2 Å². The van der Waals surface area contributed by atoms with Gasteiger partial charge < -0.3 is 9.63 Å². The van der Waals surface area contributed by atoms with Crippen LogP contribution < -0.4 is 0 Å². The van der Waals surface area contributed by atoms with Crippen LogP contribution in [-0.2, 0) is 12.8 Å². The van der Waals surface area contributed by atoms with Gasteiger partial charge in [-0.2, -0.15) is 23.3 Å². The Morgan fingerprint density at radius 2 is 1.86 bits per heavy atom. The quantitative estimate of drug-likeness (QED) is 0.577. The number of pyridine rings is 1. The normalized spacial score (nSPS) is 11.7. The maximum atomic E-state index is 13.7. The van der Waals surface area contributed by atoms with E-state index in [-0.39, 0.29) is 29.7 Å². The highest BCUT2D eigenvalue weighted by atomic mass is 19.4. The molecule has 3 heterocycles. The van der Waals surface area contributed by atoms with E-state index in [2.05, 4.69) is 20.2 Å². The van der Waals surface area contributed by atoms with Gasteiger partial charge in [0, 0.05) is 11.8 Å². The fourth-order valence-corrected chi connectivity index (χ4v) is 2.64. The third kappa shape index (κ3) is 3.25. The second-order valence-corrected chi connectivity index (χ2v) is 5.78. The van der Waals surface area contributed by atoms with Crippen LogP contribution in [-0.4, -0.2) is 30.0 Å². The SMILES string of the molecule is OCc1ccc(-c2noc(-c3cnn(-c4ccccn4)c3C(F)(F)F)n2)cc1. The van der Waals surface area contributed by atoms with Crippen molar-refractivity contribution in [1.29, 1.82) is 0 Å². The number of benzene rings is 1. The summed E-state index contributed by atoms with van der Waals surface area (Å²) in [6.45, 7) is -0.126. The van der Waals surface area contributed by atoms with Gasteiger partial charge in [-0.05, 0) is 17.7 Å². The Balaban J connectivity index is 1.78. The number of alkyl halides is 3. The number of hydrogen-bond acceptors (Lipinski definition) is 6. The van der Waals surface area contributed by atoms with Gasteiger partial charge >= 0.3 is 6.18 Å². The highest BCUT2D eigenvalue weighted by Gasteiger charge is 2.40. The Kier molecular flexibility index (Phi) is 4.40. The number of rotatable bonds is 4. The fourth-order valence-electron chi connectivity index (χ4n) is 2.64. The maximum absolute atomic E-state index is 13.7. The minimum atomic E-state index is -4.72. The number of aromatic nitrogens is 5. The molecule has 0 saturated heterocycles. The fraction of sp³-hybridized carbons (Fsp3) is 0.111. The molecule has 0 spiro atoms. The first-order chi connectivity index (χ1) is 13.5. The molecule has 0 amide bonds. The van der Waals surface area contributed by atoms with Crippen LogP contribution in [0, 0.1) is 0 Å². The third-order valence-corrected chi connectivity index (χ3v) is 3.96. The van der Waals surface area contributed by atoms with E-state index in [4.69, 9.17) is 9.63 Å². The molecular formula is C18H12F3N5O2. The van der Waals surface area contributed by atoms with E-state index in [1.165, 1.54) is 12.3 Å². The summed E-state index contributed by atoms with van der Waals surface area (Å²) in [5, 5.41) is 16.7. The van der Waals surface area contributed by atoms with Crippen molar-refractivity contribution in [3.05, 3.63) is 66.1 Å². The van der Waals surface area contributed by atoms with Crippen LogP contribution in [0.4, 0.5) is 13.2 Å². The number of aliphatic hydroxyl groups is 1. The molecule has 0 aliphatic heterocycles. The molecular weight excluding hydrogens is 375 g/mol. The van der Waals surface area contributed by atoms with Crippen LogP contribution >= 0.6 is 0 Å². The first-order valence-corrected chi connectivity index (χ1v) is 8.08. The average Bonchev–Trinajstić information content (AvgIpc) is 3.35. The molecule has 3 aromatic heterocycles. The van der Waals surface area contributed by atoms with Gasteiger partial charge in [-0.15, -0.1) is 0 Å². The molecule has 0 bridgehead atoms. The van der Waals surface area contributed by atoms with Gasteiger partial charge in [-0.3, -0.25) is 0 Å². The maximum Gasteiger partial charge on any atom is 0.434 e. The summed E-state index contributed by atoms with van der Waals surface area (Å²) in [6.07, 6.45) is -2.33. The summed E-state index contributed by atoms with van der Waals surface area (Å²) in [7, 11) is 0. The van der Waals surface area contributed by atoms with Gasteiger partial charge in [-0.25, -0.2) is 9.67 Å². The summed E-state index contributed by atoms with van der Waals surface area (Å²) in [4.78, 5) is 7.99. The van der Waals surface area contributed by atoms with E-state index in [0.29, 0.717) is 15.8 Å². The molecule has 7 nitrogen and oxygen atoms in total. The molecule has 4 aromatic rings. The summed E-state index contributed by atoms with van der Waals surface area (Å²) < 4.78 is 46.9. The monoisotopic (exact) mass is 387 g/mol. The van der Waals surface area contributed by atoms with Crippen molar-refractivity contribution in [3.63, 3.8) is 0 Å². The van der Waals surface area contributed by atoms with Gasteiger partial charge in [0.15, 0.2) is 11.5 Å². The molecule has 28 heavy (non-hydrogen) atoms. The smallest absolute Gasteiger partial charge is 0.392 e. The molecule has 1 N–H and O–H groups in total. The van der Waals surface area contributed by atoms with Crippen molar-refractivity contribution in [1.82, 2.24) is 24.9 Å². The number of hydrogen-bond donors (Lipinski definition) is 1. The van der Waals surface area contributed by atoms with E-state index in [1.807, 2.05) is 0 Å². The number of halogens is 3. The van der Waals surface area contributed by atoms with E-state index >= 15 is 0 Å². The first kappa shape index (κ1) is 17.9. The predicted octanol–water partition coefficient (Wildman–Crippen LogP) is 3.50. The second-order valence-electron chi connectivity index (χ2n) is 5.78. The lowest BCUT2D eigenvalue weighted by Crippen LogP contribution is -2.15. The highest BCUT2D eigenvalue weighted by Crippen LogP contribution is 2.38. The average molecular weight is 387 g/mol. The molecule has 0 radical (unpaired) electrons. The number of nitrogens with zero attached hydrogens (tertiary/aromatic N) is 5. The van der Waals surface area contributed by atoms with Crippen LogP contribution in [0.15, 0.2) is 59.4 Å². The summed E-state index contributed by atoms with van der Waals surface area (Å²) in [5.41, 5.74) is -0.178. The largest absolute Gasteiger partial charge is 0.434 e. The Morgan fingerprint density at radius 1 is 1.07 bits per heavy atom.